The fourth-order valence-corrected chi connectivity index (χ4v) is 3.96. The molecule has 3 heterocycles. The number of ether oxygens (including phenoxy) is 1. The van der Waals surface area contributed by atoms with Gasteiger partial charge in [0.2, 0.25) is 11.8 Å². The number of hydroxylamine groups is 2. The van der Waals surface area contributed by atoms with Crippen LogP contribution >= 0.6 is 0 Å². The predicted molar refractivity (Wildman–Crippen MR) is 90.8 cm³/mol. The van der Waals surface area contributed by atoms with Crippen molar-refractivity contribution in [2.75, 3.05) is 13.1 Å². The maximum atomic E-state index is 12.3. The minimum absolute atomic E-state index is 0.0328. The van der Waals surface area contributed by atoms with Gasteiger partial charge in [0.15, 0.2) is 0 Å². The molecular weight excluding hydrogens is 354 g/mol. The number of hydrogen-bond donors (Lipinski definition) is 2. The number of rotatable bonds is 4. The van der Waals surface area contributed by atoms with Crippen LogP contribution in [0.5, 0.6) is 0 Å². The van der Waals surface area contributed by atoms with E-state index in [1.807, 2.05) is 0 Å². The molecule has 2 bridgehead atoms. The van der Waals surface area contributed by atoms with Gasteiger partial charge >= 0.3 is 12.1 Å². The number of urea groups is 1. The van der Waals surface area contributed by atoms with Gasteiger partial charge in [-0.3, -0.25) is 5.21 Å². The van der Waals surface area contributed by atoms with Gasteiger partial charge < -0.3 is 19.4 Å². The van der Waals surface area contributed by atoms with E-state index in [1.165, 1.54) is 0 Å². The van der Waals surface area contributed by atoms with E-state index in [4.69, 9.17) is 9.15 Å². The third-order valence-corrected chi connectivity index (χ3v) is 5.46. The summed E-state index contributed by atoms with van der Waals surface area (Å²) in [5.41, 5.74) is -0.586. The van der Waals surface area contributed by atoms with Gasteiger partial charge in [0.05, 0.1) is 6.04 Å². The average Bonchev–Trinajstić information content (AvgIpc) is 3.08. The topological polar surface area (TPSA) is 121 Å². The van der Waals surface area contributed by atoms with Crippen LogP contribution < -0.4 is 5.32 Å². The number of nitrogens with zero attached hydrogens (tertiary/aromatic N) is 4. The van der Waals surface area contributed by atoms with Crippen molar-refractivity contribution in [3.05, 3.63) is 11.8 Å². The lowest BCUT2D eigenvalue weighted by atomic mass is 9.85. The third kappa shape index (κ3) is 3.33. The van der Waals surface area contributed by atoms with Crippen molar-refractivity contribution >= 4 is 12.1 Å². The van der Waals surface area contributed by atoms with Crippen LogP contribution in [0, 0.1) is 5.41 Å². The predicted octanol–water partition coefficient (Wildman–Crippen LogP) is 1.86. The molecule has 1 aliphatic carbocycles. The molecule has 0 unspecified atom stereocenters. The molecule has 2 atom stereocenters. The molecule has 2 N–H and O–H groups in total. The molecule has 0 aromatic carbocycles. The maximum Gasteiger partial charge on any atom is 0.407 e. The highest BCUT2D eigenvalue weighted by Gasteiger charge is 2.63. The summed E-state index contributed by atoms with van der Waals surface area (Å²) < 4.78 is 10.9. The van der Waals surface area contributed by atoms with Crippen molar-refractivity contribution in [2.24, 2.45) is 5.41 Å². The minimum Gasteiger partial charge on any atom is -0.444 e. The zero-order valence-corrected chi connectivity index (χ0v) is 15.8. The SMILES string of the molecule is CC(C)(C)OC(=O)NCCc1nnc([C@@H]2CC3(CC3)[C@H]3CN2C(=O)N3O)o1. The van der Waals surface area contributed by atoms with Crippen LogP contribution in [0.1, 0.15) is 57.9 Å². The van der Waals surface area contributed by atoms with Crippen molar-refractivity contribution in [3.8, 4) is 0 Å². The Balaban J connectivity index is 1.37. The van der Waals surface area contributed by atoms with E-state index >= 15 is 0 Å². The normalized spacial score (nSPS) is 25.9. The highest BCUT2D eigenvalue weighted by molar-refractivity contribution is 5.77. The van der Waals surface area contributed by atoms with E-state index < -0.39 is 17.7 Å². The van der Waals surface area contributed by atoms with E-state index in [2.05, 4.69) is 15.5 Å². The van der Waals surface area contributed by atoms with E-state index in [9.17, 15) is 14.8 Å². The van der Waals surface area contributed by atoms with Gasteiger partial charge in [0, 0.05) is 19.5 Å². The standard InChI is InChI=1S/C17H25N5O5/c1-16(2,3)27-14(23)18-7-4-12-19-20-13(26-12)10-8-17(5-6-17)11-9-21(10)15(24)22(11)25/h10-11,25H,4-9H2,1-3H3,(H,18,23)/t10-,11+/m0/s1. The Morgan fingerprint density at radius 3 is 2.81 bits per heavy atom. The molecule has 1 saturated carbocycles. The number of fused-ring (bicyclic) bond motifs is 3. The number of alkyl carbamates (subject to hydrolysis) is 1. The zero-order valence-electron chi connectivity index (χ0n) is 15.8. The molecule has 1 aromatic rings. The Labute approximate surface area is 156 Å². The summed E-state index contributed by atoms with van der Waals surface area (Å²) in [5.74, 6) is 0.774. The van der Waals surface area contributed by atoms with Gasteiger partial charge in [-0.1, -0.05) is 0 Å². The Bertz CT molecular complexity index is 753. The Morgan fingerprint density at radius 1 is 1.41 bits per heavy atom. The van der Waals surface area contributed by atoms with Crippen LogP contribution in [-0.4, -0.2) is 62.2 Å². The van der Waals surface area contributed by atoms with Gasteiger partial charge in [-0.25, -0.2) is 14.7 Å². The summed E-state index contributed by atoms with van der Waals surface area (Å²) in [4.78, 5) is 25.6. The lowest BCUT2D eigenvalue weighted by molar-refractivity contribution is -0.0783. The molecule has 10 nitrogen and oxygen atoms in total. The minimum atomic E-state index is -0.553. The van der Waals surface area contributed by atoms with Crippen LogP contribution in [0.4, 0.5) is 9.59 Å². The summed E-state index contributed by atoms with van der Waals surface area (Å²) in [7, 11) is 0. The fraction of sp³-hybridized carbons (Fsp3) is 0.765. The van der Waals surface area contributed by atoms with Crippen molar-refractivity contribution in [2.45, 2.75) is 64.1 Å². The summed E-state index contributed by atoms with van der Waals surface area (Å²) in [5, 5.41) is 21.7. The molecule has 3 amide bonds. The van der Waals surface area contributed by atoms with Crippen LogP contribution in [0.25, 0.3) is 0 Å². The molecular formula is C17H25N5O5. The highest BCUT2D eigenvalue weighted by atomic mass is 16.6. The first-order valence-corrected chi connectivity index (χ1v) is 9.26. The average molecular weight is 379 g/mol. The van der Waals surface area contributed by atoms with E-state index in [1.54, 1.807) is 25.7 Å². The Hall–Kier alpha value is -2.36. The number of hydrogen-bond acceptors (Lipinski definition) is 7. The van der Waals surface area contributed by atoms with Crippen molar-refractivity contribution in [1.82, 2.24) is 25.5 Å². The van der Waals surface area contributed by atoms with Crippen molar-refractivity contribution in [1.29, 1.82) is 0 Å². The Kier molecular flexibility index (Phi) is 4.06. The molecule has 2 aliphatic heterocycles. The quantitative estimate of drug-likeness (QED) is 0.766. The third-order valence-electron chi connectivity index (χ3n) is 5.46. The molecule has 148 valence electrons. The number of nitrogens with one attached hydrogen (secondary N) is 1. The number of amides is 3. The molecule has 1 spiro atoms. The molecule has 27 heavy (non-hydrogen) atoms. The van der Waals surface area contributed by atoms with Gasteiger partial charge in [-0.2, -0.15) is 0 Å². The molecule has 3 aliphatic rings. The van der Waals surface area contributed by atoms with Crippen LogP contribution in [0.15, 0.2) is 4.42 Å². The van der Waals surface area contributed by atoms with E-state index in [0.29, 0.717) is 31.3 Å². The van der Waals surface area contributed by atoms with Crippen LogP contribution in [-0.2, 0) is 11.2 Å². The fourth-order valence-electron chi connectivity index (χ4n) is 3.96. The van der Waals surface area contributed by atoms with E-state index in [0.717, 1.165) is 24.3 Å². The molecule has 1 aromatic heterocycles. The van der Waals surface area contributed by atoms with Gasteiger partial charge in [0.25, 0.3) is 0 Å². The lowest BCUT2D eigenvalue weighted by Gasteiger charge is -2.34. The van der Waals surface area contributed by atoms with Gasteiger partial charge in [0.1, 0.15) is 11.6 Å². The number of aromatic nitrogens is 2. The second-order valence-electron chi connectivity index (χ2n) is 8.59. The second-order valence-corrected chi connectivity index (χ2v) is 8.59. The second kappa shape index (κ2) is 6.08. The molecule has 0 radical (unpaired) electrons. The highest BCUT2D eigenvalue weighted by Crippen LogP contribution is 2.61. The first-order chi connectivity index (χ1) is 12.7. The first kappa shape index (κ1) is 18.0. The first-order valence-electron chi connectivity index (χ1n) is 9.26. The summed E-state index contributed by atoms with van der Waals surface area (Å²) in [6.45, 7) is 6.18. The maximum absolute atomic E-state index is 12.3. The number of carbonyl (C=O) groups excluding carboxylic acids is 2. The Morgan fingerprint density at radius 2 is 2.15 bits per heavy atom. The zero-order chi connectivity index (χ0) is 19.4. The monoisotopic (exact) mass is 379 g/mol. The van der Waals surface area contributed by atoms with Crippen molar-refractivity contribution < 1.29 is 24.0 Å². The largest absolute Gasteiger partial charge is 0.444 e. The molecule has 4 rings (SSSR count). The van der Waals surface area contributed by atoms with Crippen LogP contribution in [0.2, 0.25) is 0 Å². The van der Waals surface area contributed by atoms with Crippen LogP contribution in [0.3, 0.4) is 0 Å². The molecule has 10 heteroatoms. The van der Waals surface area contributed by atoms with Crippen molar-refractivity contribution in [3.63, 3.8) is 0 Å². The molecule has 3 fully saturated rings. The van der Waals surface area contributed by atoms with E-state index in [-0.39, 0.29) is 17.5 Å². The smallest absolute Gasteiger partial charge is 0.407 e. The van der Waals surface area contributed by atoms with Gasteiger partial charge in [-0.15, -0.1) is 10.2 Å². The number of piperidine rings is 1. The summed E-state index contributed by atoms with van der Waals surface area (Å²) in [6, 6.07) is -0.852. The van der Waals surface area contributed by atoms with Gasteiger partial charge in [-0.05, 0) is 45.4 Å². The number of carbonyl (C=O) groups is 2. The summed E-state index contributed by atoms with van der Waals surface area (Å²) in [6.07, 6.45) is 2.58. The lowest BCUT2D eigenvalue weighted by Crippen LogP contribution is -2.41. The molecule has 2 saturated heterocycles. The summed E-state index contributed by atoms with van der Waals surface area (Å²) >= 11 is 0.